The smallest absolute Gasteiger partial charge is 0.303 e. The third-order valence-corrected chi connectivity index (χ3v) is 13.4. The number of carboxylic acids is 1. The number of aliphatic hydroxyl groups excluding tert-OH is 1. The van der Waals surface area contributed by atoms with Crippen LogP contribution in [0, 0.1) is 28.6 Å². The Morgan fingerprint density at radius 2 is 1.76 bits per heavy atom. The summed E-state index contributed by atoms with van der Waals surface area (Å²) < 4.78 is 5.72. The average molecular weight is 694 g/mol. The van der Waals surface area contributed by atoms with Gasteiger partial charge in [-0.05, 0) is 91.1 Å². The summed E-state index contributed by atoms with van der Waals surface area (Å²) in [5.74, 6) is 1.16. The number of carboxylic acid groups (broad SMARTS) is 1. The first-order valence-corrected chi connectivity index (χ1v) is 18.9. The van der Waals surface area contributed by atoms with E-state index in [-0.39, 0.29) is 39.3 Å². The number of aliphatic hydroxyl groups is 2. The van der Waals surface area contributed by atoms with Gasteiger partial charge < -0.3 is 25.4 Å². The summed E-state index contributed by atoms with van der Waals surface area (Å²) in [6.45, 7) is 11.0. The average Bonchev–Trinajstić information content (AvgIpc) is 3.32. The van der Waals surface area contributed by atoms with Crippen LogP contribution in [0.4, 0.5) is 0 Å². The van der Waals surface area contributed by atoms with Crippen molar-refractivity contribution < 1.29 is 34.4 Å². The minimum Gasteiger partial charge on any atom is -0.490 e. The van der Waals surface area contributed by atoms with Gasteiger partial charge in [0, 0.05) is 43.0 Å². The molecule has 268 valence electrons. The van der Waals surface area contributed by atoms with Gasteiger partial charge >= 0.3 is 5.97 Å². The van der Waals surface area contributed by atoms with Crippen molar-refractivity contribution in [2.45, 2.75) is 115 Å². The fraction of sp³-hybridized carbons (Fsp3) is 0.625. The fourth-order valence-corrected chi connectivity index (χ4v) is 10.8. The van der Waals surface area contributed by atoms with Crippen LogP contribution in [0.15, 0.2) is 54.1 Å². The molecule has 6 rings (SSSR count). The zero-order chi connectivity index (χ0) is 35.6. The van der Waals surface area contributed by atoms with Gasteiger partial charge in [-0.25, -0.2) is 0 Å². The molecular formula is C40H55NO7S. The second-order valence-electron chi connectivity index (χ2n) is 15.6. The Hall–Kier alpha value is -2.72. The first kappa shape index (κ1) is 37.5. The maximum atomic E-state index is 12.2. The second kappa shape index (κ2) is 15.3. The lowest BCUT2D eigenvalue weighted by atomic mass is 9.46. The molecule has 8 nitrogen and oxygen atoms in total. The van der Waals surface area contributed by atoms with E-state index < -0.39 is 17.7 Å². The highest BCUT2D eigenvalue weighted by Gasteiger charge is 2.65. The summed E-state index contributed by atoms with van der Waals surface area (Å²) in [4.78, 5) is 35.5. The van der Waals surface area contributed by atoms with Crippen molar-refractivity contribution >= 4 is 39.4 Å². The van der Waals surface area contributed by atoms with E-state index in [1.807, 2.05) is 36.4 Å². The maximum Gasteiger partial charge on any atom is 0.303 e. The molecule has 0 aliphatic heterocycles. The molecule has 0 saturated heterocycles. The normalized spacial score (nSPS) is 32.7. The number of rotatable bonds is 10. The quantitative estimate of drug-likeness (QED) is 0.209. The molecule has 0 amide bonds. The number of fused-ring (bicyclic) bond motifs is 6. The van der Waals surface area contributed by atoms with E-state index in [0.717, 1.165) is 48.6 Å². The molecule has 4 N–H and O–H groups in total. The van der Waals surface area contributed by atoms with Crippen molar-refractivity contribution in [2.24, 2.45) is 28.6 Å². The highest BCUT2D eigenvalue weighted by atomic mass is 32.2. The Kier molecular flexibility index (Phi) is 11.7. The Balaban J connectivity index is 0.000000212. The molecule has 0 heterocycles. The zero-order valence-corrected chi connectivity index (χ0v) is 30.6. The largest absolute Gasteiger partial charge is 0.490 e. The number of ketones is 1. The van der Waals surface area contributed by atoms with Crippen LogP contribution in [0.3, 0.4) is 0 Å². The number of benzene rings is 2. The molecule has 2 aromatic carbocycles. The number of thioether (sulfide) groups is 1. The standard InChI is InChI=1S/C24H34O5S.C16H21NO2/c1-14(25)30-19-13-15-12-16(26)4-8-22(15,2)17-5-9-23(3)18(21(17)19)6-10-24(23,29)11-7-20(27)28;1-12(2)17-10-14(18)11-19-16-9-5-7-13-6-3-4-8-15(13)16/h12,17-19,21,29H,4-11,13H2,1-3H3,(H,27,28);3-9,12,14,17-18H,10-11H2,1-2H3. The molecule has 2 aromatic rings. The fourth-order valence-electron chi connectivity index (χ4n) is 9.61. The topological polar surface area (TPSA) is 133 Å². The van der Waals surface area contributed by atoms with Gasteiger partial charge in [0.2, 0.25) is 0 Å². The Morgan fingerprint density at radius 3 is 2.47 bits per heavy atom. The number of nitrogens with one attached hydrogen (secondary N) is 1. The number of hydrogen-bond donors (Lipinski definition) is 4. The Bertz CT molecular complexity index is 1550. The van der Waals surface area contributed by atoms with Gasteiger partial charge in [-0.1, -0.05) is 81.4 Å². The lowest BCUT2D eigenvalue weighted by Gasteiger charge is -2.61. The molecule has 9 heteroatoms. The molecule has 8 unspecified atom stereocenters. The SMILES string of the molecule is CC(=O)SC1CC2=CC(=O)CCC2(C)C2CCC3(C)C(CCC3(O)CCC(=O)O)C12.CC(C)NCC(O)COc1cccc2ccccc12. The Morgan fingerprint density at radius 1 is 1.04 bits per heavy atom. The van der Waals surface area contributed by atoms with Crippen molar-refractivity contribution in [3.63, 3.8) is 0 Å². The van der Waals surface area contributed by atoms with Crippen molar-refractivity contribution in [1.29, 1.82) is 0 Å². The van der Waals surface area contributed by atoms with E-state index in [4.69, 9.17) is 4.74 Å². The van der Waals surface area contributed by atoms with E-state index in [1.54, 1.807) is 6.92 Å². The lowest BCUT2D eigenvalue weighted by molar-refractivity contribution is -0.146. The summed E-state index contributed by atoms with van der Waals surface area (Å²) in [6, 6.07) is 14.4. The van der Waals surface area contributed by atoms with Gasteiger partial charge in [-0.3, -0.25) is 14.4 Å². The molecule has 0 spiro atoms. The molecule has 8 atom stereocenters. The van der Waals surface area contributed by atoms with E-state index >= 15 is 0 Å². The van der Waals surface area contributed by atoms with Crippen LogP contribution in [0.25, 0.3) is 10.8 Å². The molecule has 4 aliphatic carbocycles. The van der Waals surface area contributed by atoms with Crippen molar-refractivity contribution in [2.75, 3.05) is 13.2 Å². The molecule has 3 saturated carbocycles. The number of carbonyl (C=O) groups excluding carboxylic acids is 2. The first-order chi connectivity index (χ1) is 23.2. The molecular weight excluding hydrogens is 639 g/mol. The van der Waals surface area contributed by atoms with Crippen LogP contribution < -0.4 is 10.1 Å². The van der Waals surface area contributed by atoms with Crippen LogP contribution in [0.2, 0.25) is 0 Å². The second-order valence-corrected chi connectivity index (χ2v) is 17.0. The van der Waals surface area contributed by atoms with Crippen molar-refractivity contribution in [3.8, 4) is 5.75 Å². The van der Waals surface area contributed by atoms with E-state index in [2.05, 4.69) is 45.1 Å². The zero-order valence-electron chi connectivity index (χ0n) is 29.7. The number of aliphatic carboxylic acids is 1. The predicted octanol–water partition coefficient (Wildman–Crippen LogP) is 6.95. The van der Waals surface area contributed by atoms with Gasteiger partial charge in [0.25, 0.3) is 0 Å². The Labute approximate surface area is 295 Å². The number of carbonyl (C=O) groups is 3. The molecule has 4 aliphatic rings. The van der Waals surface area contributed by atoms with E-state index in [0.29, 0.717) is 50.3 Å². The van der Waals surface area contributed by atoms with Gasteiger partial charge in [0.05, 0.1) is 5.60 Å². The summed E-state index contributed by atoms with van der Waals surface area (Å²) >= 11 is 1.42. The van der Waals surface area contributed by atoms with Gasteiger partial charge in [0.1, 0.15) is 18.5 Å². The summed E-state index contributed by atoms with van der Waals surface area (Å²) in [5.41, 5.74) is -0.0514. The van der Waals surface area contributed by atoms with Crippen LogP contribution >= 0.6 is 11.8 Å². The van der Waals surface area contributed by atoms with E-state index in [9.17, 15) is 29.7 Å². The molecule has 0 aromatic heterocycles. The van der Waals surface area contributed by atoms with Crippen molar-refractivity contribution in [1.82, 2.24) is 5.32 Å². The summed E-state index contributed by atoms with van der Waals surface area (Å²) in [7, 11) is 0. The molecule has 0 bridgehead atoms. The van der Waals surface area contributed by atoms with Crippen LogP contribution in [0.1, 0.15) is 92.4 Å². The van der Waals surface area contributed by atoms with Gasteiger partial charge in [-0.2, -0.15) is 0 Å². The molecule has 3 fully saturated rings. The van der Waals surface area contributed by atoms with Crippen molar-refractivity contribution in [3.05, 3.63) is 54.1 Å². The highest BCUT2D eigenvalue weighted by molar-refractivity contribution is 8.14. The van der Waals surface area contributed by atoms with Gasteiger partial charge in [-0.15, -0.1) is 0 Å². The monoisotopic (exact) mass is 693 g/mol. The lowest BCUT2D eigenvalue weighted by Crippen LogP contribution is -2.58. The summed E-state index contributed by atoms with van der Waals surface area (Å²) in [6.07, 6.45) is 7.26. The highest BCUT2D eigenvalue weighted by Crippen LogP contribution is 2.69. The van der Waals surface area contributed by atoms with Crippen LogP contribution in [-0.4, -0.2) is 68.3 Å². The third-order valence-electron chi connectivity index (χ3n) is 12.3. The minimum atomic E-state index is -0.952. The van der Waals surface area contributed by atoms with Gasteiger partial charge in [0.15, 0.2) is 10.9 Å². The number of ether oxygens (including phenoxy) is 1. The minimum absolute atomic E-state index is 0.00444. The molecule has 0 radical (unpaired) electrons. The molecule has 49 heavy (non-hydrogen) atoms. The summed E-state index contributed by atoms with van der Waals surface area (Å²) in [5, 5.41) is 36.3. The number of allylic oxidation sites excluding steroid dienone is 1. The van der Waals surface area contributed by atoms with Crippen LogP contribution in [-0.2, 0) is 14.4 Å². The van der Waals surface area contributed by atoms with E-state index in [1.165, 1.54) is 17.3 Å². The third kappa shape index (κ3) is 7.95. The first-order valence-electron chi connectivity index (χ1n) is 18.0. The predicted molar refractivity (Wildman–Crippen MR) is 195 cm³/mol. The maximum absolute atomic E-state index is 12.2. The number of hydrogen-bond acceptors (Lipinski definition) is 8. The van der Waals surface area contributed by atoms with Crippen LogP contribution in [0.5, 0.6) is 5.75 Å².